The zero-order valence-electron chi connectivity index (χ0n) is 19.7. The van der Waals surface area contributed by atoms with Gasteiger partial charge < -0.3 is 29.3 Å². The molecule has 7 nitrogen and oxygen atoms in total. The van der Waals surface area contributed by atoms with E-state index < -0.39 is 0 Å². The van der Waals surface area contributed by atoms with Crippen LogP contribution in [0.25, 0.3) is 0 Å². The molecule has 0 spiro atoms. The molecular formula is C23H40N4O3. The van der Waals surface area contributed by atoms with Gasteiger partial charge in [-0.25, -0.2) is 0 Å². The molecule has 1 fully saturated rings. The summed E-state index contributed by atoms with van der Waals surface area (Å²) in [6, 6.07) is 3.79. The molecule has 1 heterocycles. The number of aliphatic imine (C=N–C) groups is 1. The van der Waals surface area contributed by atoms with E-state index in [1.807, 2.05) is 12.1 Å². The molecule has 7 heteroatoms. The summed E-state index contributed by atoms with van der Waals surface area (Å²) in [4.78, 5) is 9.83. The second-order valence-electron chi connectivity index (χ2n) is 7.58. The minimum absolute atomic E-state index is 0.665. The van der Waals surface area contributed by atoms with Gasteiger partial charge in [0.15, 0.2) is 5.96 Å². The lowest BCUT2D eigenvalue weighted by molar-refractivity contribution is 0.255. The van der Waals surface area contributed by atoms with Crippen LogP contribution in [0.3, 0.4) is 0 Å². The molecule has 170 valence electrons. The molecule has 0 saturated carbocycles. The fourth-order valence-electron chi connectivity index (χ4n) is 4.04. The summed E-state index contributed by atoms with van der Waals surface area (Å²) in [7, 11) is 4.99. The van der Waals surface area contributed by atoms with Crippen molar-refractivity contribution in [1.29, 1.82) is 0 Å². The first-order valence-electron chi connectivity index (χ1n) is 11.1. The van der Waals surface area contributed by atoms with Crippen LogP contribution >= 0.6 is 0 Å². The summed E-state index contributed by atoms with van der Waals surface area (Å²) in [6.45, 7) is 13.7. The molecule has 1 N–H and O–H groups in total. The van der Waals surface area contributed by atoms with Gasteiger partial charge in [0.05, 0.1) is 21.3 Å². The molecular weight excluding hydrogens is 380 g/mol. The van der Waals surface area contributed by atoms with Gasteiger partial charge in [0.2, 0.25) is 0 Å². The van der Waals surface area contributed by atoms with Gasteiger partial charge in [0.25, 0.3) is 0 Å². The van der Waals surface area contributed by atoms with E-state index in [4.69, 9.17) is 19.2 Å². The maximum atomic E-state index is 5.57. The van der Waals surface area contributed by atoms with E-state index in [1.54, 1.807) is 21.3 Å². The van der Waals surface area contributed by atoms with Crippen LogP contribution in [0.15, 0.2) is 17.1 Å². The topological polar surface area (TPSA) is 58.6 Å². The first-order chi connectivity index (χ1) is 14.6. The van der Waals surface area contributed by atoms with E-state index in [0.29, 0.717) is 12.5 Å². The fourth-order valence-corrected chi connectivity index (χ4v) is 4.04. The molecule has 0 radical (unpaired) electrons. The third kappa shape index (κ3) is 6.42. The Morgan fingerprint density at radius 2 is 1.77 bits per heavy atom. The zero-order chi connectivity index (χ0) is 21.9. The normalized spacial score (nSPS) is 16.8. The minimum Gasteiger partial charge on any atom is -0.496 e. The van der Waals surface area contributed by atoms with Crippen molar-refractivity contribution in [2.45, 2.75) is 33.6 Å². The van der Waals surface area contributed by atoms with Crippen LogP contribution in [-0.2, 0) is 6.42 Å². The molecule has 1 aliphatic rings. The van der Waals surface area contributed by atoms with Crippen molar-refractivity contribution >= 4 is 5.96 Å². The van der Waals surface area contributed by atoms with E-state index in [0.717, 1.165) is 67.9 Å². The molecule has 0 aromatic heterocycles. The highest BCUT2D eigenvalue weighted by Crippen LogP contribution is 2.34. The van der Waals surface area contributed by atoms with Crippen LogP contribution in [0, 0.1) is 5.92 Å². The molecule has 0 amide bonds. The molecule has 0 aliphatic carbocycles. The second-order valence-corrected chi connectivity index (χ2v) is 7.58. The summed E-state index contributed by atoms with van der Waals surface area (Å²) in [5.74, 6) is 3.97. The largest absolute Gasteiger partial charge is 0.496 e. The Morgan fingerprint density at radius 1 is 1.10 bits per heavy atom. The number of guanidine groups is 1. The number of rotatable bonds is 11. The van der Waals surface area contributed by atoms with Crippen molar-refractivity contribution < 1.29 is 14.2 Å². The number of likely N-dealkylation sites (tertiary alicyclic amines) is 1. The third-order valence-electron chi connectivity index (χ3n) is 5.77. The summed E-state index contributed by atoms with van der Waals surface area (Å²) in [5.41, 5.74) is 1.02. The predicted molar refractivity (Wildman–Crippen MR) is 123 cm³/mol. The number of methoxy groups -OCH3 is 3. The zero-order valence-corrected chi connectivity index (χ0v) is 19.7. The predicted octanol–water partition coefficient (Wildman–Crippen LogP) is 2.88. The molecule has 1 saturated heterocycles. The van der Waals surface area contributed by atoms with E-state index in [-0.39, 0.29) is 0 Å². The third-order valence-corrected chi connectivity index (χ3v) is 5.77. The molecule has 30 heavy (non-hydrogen) atoms. The van der Waals surface area contributed by atoms with Gasteiger partial charge in [-0.2, -0.15) is 0 Å². The Morgan fingerprint density at radius 3 is 2.30 bits per heavy atom. The smallest absolute Gasteiger partial charge is 0.193 e. The van der Waals surface area contributed by atoms with E-state index >= 15 is 0 Å². The summed E-state index contributed by atoms with van der Waals surface area (Å²) < 4.78 is 16.5. The molecule has 1 atom stereocenters. The van der Waals surface area contributed by atoms with Crippen molar-refractivity contribution in [1.82, 2.24) is 15.1 Å². The maximum absolute atomic E-state index is 5.57. The van der Waals surface area contributed by atoms with E-state index in [2.05, 4.69) is 35.9 Å². The van der Waals surface area contributed by atoms with Gasteiger partial charge in [-0.1, -0.05) is 13.8 Å². The van der Waals surface area contributed by atoms with Crippen LogP contribution < -0.4 is 19.5 Å². The van der Waals surface area contributed by atoms with Crippen LogP contribution in [0.2, 0.25) is 0 Å². The molecule has 1 unspecified atom stereocenters. The fraction of sp³-hybridized carbons (Fsp3) is 0.696. The van der Waals surface area contributed by atoms with Gasteiger partial charge in [0, 0.05) is 50.4 Å². The number of ether oxygens (including phenoxy) is 3. The van der Waals surface area contributed by atoms with E-state index in [1.165, 1.54) is 13.0 Å². The molecule has 0 bridgehead atoms. The van der Waals surface area contributed by atoms with Crippen LogP contribution in [0.5, 0.6) is 17.2 Å². The van der Waals surface area contributed by atoms with Gasteiger partial charge in [-0.15, -0.1) is 0 Å². The lowest BCUT2D eigenvalue weighted by Crippen LogP contribution is -2.41. The summed E-state index contributed by atoms with van der Waals surface area (Å²) in [5, 5.41) is 3.47. The number of hydrogen-bond donors (Lipinski definition) is 1. The highest BCUT2D eigenvalue weighted by molar-refractivity contribution is 5.80. The SMILES string of the molecule is CCNC(=NCCc1c(OC)cc(OC)cc1OC)N1CCC(CN(CC)CC)C1. The lowest BCUT2D eigenvalue weighted by Gasteiger charge is -2.24. The van der Waals surface area contributed by atoms with Gasteiger partial charge in [-0.05, 0) is 38.8 Å². The van der Waals surface area contributed by atoms with Crippen molar-refractivity contribution in [2.75, 3.05) is 67.1 Å². The van der Waals surface area contributed by atoms with E-state index in [9.17, 15) is 0 Å². The number of nitrogens with one attached hydrogen (secondary N) is 1. The van der Waals surface area contributed by atoms with Crippen LogP contribution in [-0.4, -0.2) is 82.9 Å². The lowest BCUT2D eigenvalue weighted by atomic mass is 10.1. The first-order valence-corrected chi connectivity index (χ1v) is 11.1. The number of benzene rings is 1. The summed E-state index contributed by atoms with van der Waals surface area (Å²) in [6.07, 6.45) is 1.96. The van der Waals surface area contributed by atoms with Crippen molar-refractivity contribution in [3.63, 3.8) is 0 Å². The van der Waals surface area contributed by atoms with Gasteiger partial charge >= 0.3 is 0 Å². The average molecular weight is 421 g/mol. The van der Waals surface area contributed by atoms with Gasteiger partial charge in [0.1, 0.15) is 17.2 Å². The molecule has 2 rings (SSSR count). The quantitative estimate of drug-likeness (QED) is 0.439. The Balaban J connectivity index is 2.06. The number of nitrogens with zero attached hydrogens (tertiary/aromatic N) is 3. The highest BCUT2D eigenvalue weighted by Gasteiger charge is 2.26. The number of hydrogen-bond acceptors (Lipinski definition) is 5. The Labute approximate surface area is 182 Å². The average Bonchev–Trinajstić information content (AvgIpc) is 3.24. The minimum atomic E-state index is 0.665. The maximum Gasteiger partial charge on any atom is 0.193 e. The summed E-state index contributed by atoms with van der Waals surface area (Å²) >= 11 is 0. The van der Waals surface area contributed by atoms with Crippen LogP contribution in [0.1, 0.15) is 32.8 Å². The Hall–Kier alpha value is -2.15. The molecule has 1 aromatic rings. The van der Waals surface area contributed by atoms with Crippen molar-refractivity contribution in [3.05, 3.63) is 17.7 Å². The molecule has 1 aliphatic heterocycles. The molecule has 1 aromatic carbocycles. The first kappa shape index (κ1) is 24.1. The Kier molecular flexibility index (Phi) is 10.1. The highest BCUT2D eigenvalue weighted by atomic mass is 16.5. The van der Waals surface area contributed by atoms with Crippen molar-refractivity contribution in [3.8, 4) is 17.2 Å². The standard InChI is InChI=1S/C23H40N4O3/c1-7-24-23(27-13-11-18(17-27)16-26(8-2)9-3)25-12-10-20-21(29-5)14-19(28-4)15-22(20)30-6/h14-15,18H,7-13,16-17H2,1-6H3,(H,24,25). The second kappa shape index (κ2) is 12.5. The van der Waals surface area contributed by atoms with Crippen molar-refractivity contribution in [2.24, 2.45) is 10.9 Å². The van der Waals surface area contributed by atoms with Gasteiger partial charge in [-0.3, -0.25) is 4.99 Å². The monoisotopic (exact) mass is 420 g/mol. The van der Waals surface area contributed by atoms with Crippen LogP contribution in [0.4, 0.5) is 0 Å². The Bertz CT molecular complexity index is 651.